The molecule has 118 valence electrons. The Kier molecular flexibility index (Phi) is 5.09. The first-order valence-electron chi connectivity index (χ1n) is 6.88. The van der Waals surface area contributed by atoms with E-state index in [1.165, 1.54) is 37.6 Å². The highest BCUT2D eigenvalue weighted by Crippen LogP contribution is 2.28. The molecule has 0 amide bonds. The molecule has 0 aromatic heterocycles. The van der Waals surface area contributed by atoms with E-state index in [1.807, 2.05) is 19.1 Å². The Morgan fingerprint density at radius 3 is 2.52 bits per heavy atom. The smallest absolute Gasteiger partial charge is 0.273 e. The van der Waals surface area contributed by atoms with Crippen molar-refractivity contribution >= 4 is 17.2 Å². The van der Waals surface area contributed by atoms with Crippen LogP contribution in [0.2, 0.25) is 0 Å². The third-order valence-electron chi connectivity index (χ3n) is 3.21. The van der Waals surface area contributed by atoms with Gasteiger partial charge in [0.25, 0.3) is 5.69 Å². The van der Waals surface area contributed by atoms with E-state index in [0.29, 0.717) is 17.0 Å². The first kappa shape index (κ1) is 16.2. The van der Waals surface area contributed by atoms with Gasteiger partial charge in [-0.25, -0.2) is 0 Å². The van der Waals surface area contributed by atoms with E-state index >= 15 is 0 Å². The van der Waals surface area contributed by atoms with Crippen molar-refractivity contribution in [3.8, 4) is 5.75 Å². The number of rotatable bonds is 6. The van der Waals surface area contributed by atoms with Crippen molar-refractivity contribution in [2.24, 2.45) is 0 Å². The number of carbonyl (C=O) groups is 1. The predicted molar refractivity (Wildman–Crippen MR) is 87.9 cm³/mol. The molecule has 0 saturated carbocycles. The summed E-state index contributed by atoms with van der Waals surface area (Å²) in [4.78, 5) is 22.2. The van der Waals surface area contributed by atoms with E-state index in [4.69, 9.17) is 4.74 Å². The first-order chi connectivity index (χ1) is 11.0. The number of methoxy groups -OCH3 is 1. The van der Waals surface area contributed by atoms with Crippen molar-refractivity contribution in [2.75, 3.05) is 12.4 Å². The number of hydrogen-bond donors (Lipinski definition) is 1. The molecule has 0 radical (unpaired) electrons. The summed E-state index contributed by atoms with van der Waals surface area (Å²) in [5.41, 5.74) is 2.14. The summed E-state index contributed by atoms with van der Waals surface area (Å²) in [6.45, 7) is 1.95. The normalized spacial score (nSPS) is 10.5. The van der Waals surface area contributed by atoms with Gasteiger partial charge in [-0.1, -0.05) is 29.8 Å². The van der Waals surface area contributed by atoms with Crippen LogP contribution >= 0.6 is 0 Å². The number of nitro benzene ring substituents is 1. The number of anilines is 1. The van der Waals surface area contributed by atoms with E-state index in [0.717, 1.165) is 5.56 Å². The van der Waals surface area contributed by atoms with Gasteiger partial charge in [-0.2, -0.15) is 0 Å². The van der Waals surface area contributed by atoms with Gasteiger partial charge in [0, 0.05) is 23.9 Å². The van der Waals surface area contributed by atoms with Crippen molar-refractivity contribution in [2.45, 2.75) is 6.92 Å². The molecule has 6 nitrogen and oxygen atoms in total. The second-order valence-corrected chi connectivity index (χ2v) is 4.85. The van der Waals surface area contributed by atoms with Gasteiger partial charge in [0.1, 0.15) is 5.75 Å². The second-order valence-electron chi connectivity index (χ2n) is 4.85. The number of nitro groups is 1. The fourth-order valence-electron chi connectivity index (χ4n) is 1.93. The number of non-ortho nitro benzene ring substituents is 1. The highest BCUT2D eigenvalue weighted by Gasteiger charge is 2.10. The molecule has 0 unspecified atom stereocenters. The number of ether oxygens (including phenoxy) is 1. The maximum atomic E-state index is 12.0. The van der Waals surface area contributed by atoms with Crippen LogP contribution in [0.25, 0.3) is 0 Å². The van der Waals surface area contributed by atoms with Crippen LogP contribution in [-0.4, -0.2) is 17.8 Å². The van der Waals surface area contributed by atoms with Crippen molar-refractivity contribution < 1.29 is 14.5 Å². The highest BCUT2D eigenvalue weighted by molar-refractivity contribution is 6.04. The summed E-state index contributed by atoms with van der Waals surface area (Å²) < 4.78 is 5.11. The summed E-state index contributed by atoms with van der Waals surface area (Å²) in [5.74, 6) is 0.185. The van der Waals surface area contributed by atoms with Gasteiger partial charge in [-0.3, -0.25) is 14.9 Å². The SMILES string of the molecule is COc1cc([N+](=O)[O-])ccc1N/C=C/C(=O)c1ccc(C)cc1. The fourth-order valence-corrected chi connectivity index (χ4v) is 1.93. The van der Waals surface area contributed by atoms with Crippen molar-refractivity contribution in [1.82, 2.24) is 0 Å². The van der Waals surface area contributed by atoms with Crippen LogP contribution in [0.1, 0.15) is 15.9 Å². The summed E-state index contributed by atoms with van der Waals surface area (Å²) in [5, 5.41) is 13.6. The van der Waals surface area contributed by atoms with Crippen molar-refractivity contribution in [1.29, 1.82) is 0 Å². The number of ketones is 1. The molecule has 6 heteroatoms. The van der Waals surface area contributed by atoms with Gasteiger partial charge in [0.15, 0.2) is 5.78 Å². The van der Waals surface area contributed by atoms with Crippen LogP contribution in [-0.2, 0) is 0 Å². The van der Waals surface area contributed by atoms with Crippen LogP contribution in [0.5, 0.6) is 5.75 Å². The number of hydrogen-bond acceptors (Lipinski definition) is 5. The Bertz CT molecular complexity index is 752. The number of allylic oxidation sites excluding steroid dienone is 1. The monoisotopic (exact) mass is 312 g/mol. The van der Waals surface area contributed by atoms with Gasteiger partial charge in [0.05, 0.1) is 23.8 Å². The molecule has 0 heterocycles. The summed E-state index contributed by atoms with van der Waals surface area (Å²) in [6, 6.07) is 11.5. The molecular formula is C17H16N2O4. The van der Waals surface area contributed by atoms with Crippen LogP contribution < -0.4 is 10.1 Å². The number of nitrogens with zero attached hydrogens (tertiary/aromatic N) is 1. The average Bonchev–Trinajstić information content (AvgIpc) is 2.55. The number of carbonyl (C=O) groups excluding carboxylic acids is 1. The molecule has 0 fully saturated rings. The van der Waals surface area contributed by atoms with Gasteiger partial charge in [-0.05, 0) is 13.0 Å². The molecule has 2 rings (SSSR count). The number of benzene rings is 2. The van der Waals surface area contributed by atoms with E-state index in [9.17, 15) is 14.9 Å². The zero-order valence-corrected chi connectivity index (χ0v) is 12.8. The number of aryl methyl sites for hydroxylation is 1. The van der Waals surface area contributed by atoms with Crippen LogP contribution in [0, 0.1) is 17.0 Å². The summed E-state index contributed by atoms with van der Waals surface area (Å²) in [7, 11) is 1.42. The molecule has 0 spiro atoms. The molecule has 2 aromatic rings. The third kappa shape index (κ3) is 4.16. The zero-order chi connectivity index (χ0) is 16.8. The summed E-state index contributed by atoms with van der Waals surface area (Å²) in [6.07, 6.45) is 2.87. The Labute approximate surface area is 133 Å². The lowest BCUT2D eigenvalue weighted by molar-refractivity contribution is -0.384. The lowest BCUT2D eigenvalue weighted by Crippen LogP contribution is -1.98. The fraction of sp³-hybridized carbons (Fsp3) is 0.118. The minimum absolute atomic E-state index is 0.0629. The first-order valence-corrected chi connectivity index (χ1v) is 6.88. The lowest BCUT2D eigenvalue weighted by atomic mass is 10.1. The Morgan fingerprint density at radius 1 is 1.22 bits per heavy atom. The lowest BCUT2D eigenvalue weighted by Gasteiger charge is -2.07. The maximum absolute atomic E-state index is 12.0. The van der Waals surface area contributed by atoms with Crippen molar-refractivity contribution in [3.63, 3.8) is 0 Å². The quantitative estimate of drug-likeness (QED) is 0.380. The molecule has 0 saturated heterocycles. The van der Waals surface area contributed by atoms with Gasteiger partial charge in [0.2, 0.25) is 0 Å². The molecular weight excluding hydrogens is 296 g/mol. The molecule has 0 atom stereocenters. The largest absolute Gasteiger partial charge is 0.494 e. The standard InChI is InChI=1S/C17H16N2O4/c1-12-3-5-13(6-4-12)16(20)9-10-18-15-8-7-14(19(21)22)11-17(15)23-2/h3-11,18H,1-2H3/b10-9+. The average molecular weight is 312 g/mol. The molecule has 0 bridgehead atoms. The Morgan fingerprint density at radius 2 is 1.91 bits per heavy atom. The molecule has 23 heavy (non-hydrogen) atoms. The van der Waals surface area contributed by atoms with Gasteiger partial charge in [-0.15, -0.1) is 0 Å². The minimum Gasteiger partial charge on any atom is -0.494 e. The molecule has 1 N–H and O–H groups in total. The van der Waals surface area contributed by atoms with Gasteiger partial charge >= 0.3 is 0 Å². The molecule has 0 aliphatic rings. The van der Waals surface area contributed by atoms with E-state index < -0.39 is 4.92 Å². The van der Waals surface area contributed by atoms with E-state index in [-0.39, 0.29) is 11.5 Å². The summed E-state index contributed by atoms with van der Waals surface area (Å²) >= 11 is 0. The Hall–Kier alpha value is -3.15. The van der Waals surface area contributed by atoms with E-state index in [2.05, 4.69) is 5.32 Å². The van der Waals surface area contributed by atoms with Crippen molar-refractivity contribution in [3.05, 3.63) is 76.0 Å². The molecule has 0 aliphatic heterocycles. The highest BCUT2D eigenvalue weighted by atomic mass is 16.6. The van der Waals surface area contributed by atoms with Gasteiger partial charge < -0.3 is 10.1 Å². The minimum atomic E-state index is -0.497. The van der Waals surface area contributed by atoms with Crippen LogP contribution in [0.3, 0.4) is 0 Å². The zero-order valence-electron chi connectivity index (χ0n) is 12.8. The number of nitrogens with one attached hydrogen (secondary N) is 1. The second kappa shape index (κ2) is 7.22. The topological polar surface area (TPSA) is 81.5 Å². The molecule has 2 aromatic carbocycles. The predicted octanol–water partition coefficient (Wildman–Crippen LogP) is 3.72. The van der Waals surface area contributed by atoms with Crippen LogP contribution in [0.4, 0.5) is 11.4 Å². The van der Waals surface area contributed by atoms with Crippen LogP contribution in [0.15, 0.2) is 54.7 Å². The third-order valence-corrected chi connectivity index (χ3v) is 3.21. The molecule has 0 aliphatic carbocycles. The maximum Gasteiger partial charge on any atom is 0.273 e. The van der Waals surface area contributed by atoms with E-state index in [1.54, 1.807) is 12.1 Å². The Balaban J connectivity index is 2.09.